The number of amides is 1. The van der Waals surface area contributed by atoms with E-state index < -0.39 is 0 Å². The summed E-state index contributed by atoms with van der Waals surface area (Å²) in [4.78, 5) is 23.1. The molecule has 2 unspecified atom stereocenters. The summed E-state index contributed by atoms with van der Waals surface area (Å²) in [6, 6.07) is 17.0. The second-order valence-electron chi connectivity index (χ2n) is 9.69. The van der Waals surface area contributed by atoms with E-state index >= 15 is 0 Å². The molecule has 8 nitrogen and oxygen atoms in total. The zero-order valence-corrected chi connectivity index (χ0v) is 23.1. The van der Waals surface area contributed by atoms with Crippen LogP contribution in [0.15, 0.2) is 73.6 Å². The molecule has 3 N–H and O–H groups in total. The van der Waals surface area contributed by atoms with Crippen LogP contribution in [0.25, 0.3) is 0 Å². The van der Waals surface area contributed by atoms with Gasteiger partial charge in [-0.3, -0.25) is 10.2 Å². The van der Waals surface area contributed by atoms with Crippen LogP contribution >= 0.6 is 0 Å². The van der Waals surface area contributed by atoms with Crippen LogP contribution in [0.5, 0.6) is 11.5 Å². The number of rotatable bonds is 10. The van der Waals surface area contributed by atoms with E-state index in [2.05, 4.69) is 39.0 Å². The highest BCUT2D eigenvalue weighted by molar-refractivity contribution is 6.16. The molecule has 1 aliphatic rings. The van der Waals surface area contributed by atoms with E-state index in [1.54, 1.807) is 4.90 Å². The maximum Gasteiger partial charge on any atom is 0.246 e. The van der Waals surface area contributed by atoms with Crippen LogP contribution in [-0.2, 0) is 4.79 Å². The lowest BCUT2D eigenvalue weighted by atomic mass is 10.0. The number of piperidine rings is 1. The molecule has 2 aromatic carbocycles. The molecule has 1 aromatic heterocycles. The number of aromatic nitrogens is 2. The summed E-state index contributed by atoms with van der Waals surface area (Å²) in [7, 11) is 0. The minimum Gasteiger partial charge on any atom is -0.457 e. The number of hydrogen-bond donors (Lipinski definition) is 3. The first-order valence-corrected chi connectivity index (χ1v) is 13.7. The summed E-state index contributed by atoms with van der Waals surface area (Å²) in [5.74, 6) is 8.75. The maximum atomic E-state index is 12.2. The predicted molar refractivity (Wildman–Crippen MR) is 160 cm³/mol. The third-order valence-electron chi connectivity index (χ3n) is 6.56. The molecule has 2 atom stereocenters. The molecule has 1 saturated heterocycles. The lowest BCUT2D eigenvalue weighted by molar-refractivity contribution is -0.127. The van der Waals surface area contributed by atoms with Gasteiger partial charge in [0, 0.05) is 43.6 Å². The van der Waals surface area contributed by atoms with E-state index in [1.165, 1.54) is 12.4 Å². The van der Waals surface area contributed by atoms with Gasteiger partial charge >= 0.3 is 0 Å². The molecule has 0 spiro atoms. The van der Waals surface area contributed by atoms with Crippen molar-refractivity contribution in [3.8, 4) is 23.3 Å². The SMILES string of the molecule is C=CC(=O)N1CCCC(Nc2ncnc(NC(C)CC#CCC)c2C(=N)c2ccc(Oc3ccccc3)cc2)C1. The van der Waals surface area contributed by atoms with Crippen LogP contribution in [0, 0.1) is 17.3 Å². The topological polar surface area (TPSA) is 103 Å². The fourth-order valence-electron chi connectivity index (χ4n) is 4.55. The van der Waals surface area contributed by atoms with Gasteiger partial charge in [-0.15, -0.1) is 11.8 Å². The number of nitrogens with one attached hydrogen (secondary N) is 3. The monoisotopic (exact) mass is 536 g/mol. The van der Waals surface area contributed by atoms with Gasteiger partial charge in [-0.2, -0.15) is 0 Å². The normalized spacial score (nSPS) is 15.2. The molecular formula is C32H36N6O2. The molecule has 2 heterocycles. The van der Waals surface area contributed by atoms with Crippen LogP contribution in [0.2, 0.25) is 0 Å². The Balaban J connectivity index is 1.61. The van der Waals surface area contributed by atoms with E-state index in [0.717, 1.165) is 25.0 Å². The predicted octanol–water partition coefficient (Wildman–Crippen LogP) is 5.88. The fourth-order valence-corrected chi connectivity index (χ4v) is 4.55. The molecule has 3 aromatic rings. The first-order chi connectivity index (χ1) is 19.5. The summed E-state index contributed by atoms with van der Waals surface area (Å²) in [5, 5.41) is 16.2. The maximum absolute atomic E-state index is 12.2. The Bertz CT molecular complexity index is 1380. The van der Waals surface area contributed by atoms with Gasteiger partial charge in [0.2, 0.25) is 5.91 Å². The van der Waals surface area contributed by atoms with E-state index in [1.807, 2.05) is 68.4 Å². The molecule has 0 radical (unpaired) electrons. The van der Waals surface area contributed by atoms with Crippen molar-refractivity contribution in [3.05, 3.63) is 84.7 Å². The van der Waals surface area contributed by atoms with Gasteiger partial charge in [0.05, 0.1) is 11.3 Å². The van der Waals surface area contributed by atoms with Crippen molar-refractivity contribution in [1.82, 2.24) is 14.9 Å². The molecule has 8 heteroatoms. The zero-order chi connectivity index (χ0) is 28.3. The van der Waals surface area contributed by atoms with Gasteiger partial charge in [-0.25, -0.2) is 9.97 Å². The molecule has 0 saturated carbocycles. The number of carbonyl (C=O) groups excluding carboxylic acids is 1. The largest absolute Gasteiger partial charge is 0.457 e. The third-order valence-corrected chi connectivity index (χ3v) is 6.56. The van der Waals surface area contributed by atoms with Gasteiger partial charge in [0.1, 0.15) is 29.5 Å². The summed E-state index contributed by atoms with van der Waals surface area (Å²) >= 11 is 0. The summed E-state index contributed by atoms with van der Waals surface area (Å²) < 4.78 is 5.93. The molecule has 1 aliphatic heterocycles. The van der Waals surface area contributed by atoms with E-state index in [9.17, 15) is 10.2 Å². The van der Waals surface area contributed by atoms with Gasteiger partial charge in [0.25, 0.3) is 0 Å². The third kappa shape index (κ3) is 7.48. The Hall–Kier alpha value is -4.64. The average Bonchev–Trinajstić information content (AvgIpc) is 2.98. The van der Waals surface area contributed by atoms with Crippen LogP contribution in [-0.4, -0.2) is 51.7 Å². The number of likely N-dealkylation sites (tertiary alicyclic amines) is 1. The van der Waals surface area contributed by atoms with Gasteiger partial charge in [-0.05, 0) is 62.2 Å². The number of ether oxygens (including phenoxy) is 1. The first-order valence-electron chi connectivity index (χ1n) is 13.7. The Morgan fingerprint density at radius 3 is 2.60 bits per heavy atom. The van der Waals surface area contributed by atoms with Crippen LogP contribution in [0.4, 0.5) is 11.6 Å². The molecule has 1 fully saturated rings. The fraction of sp³-hybridized carbons (Fsp3) is 0.312. The highest BCUT2D eigenvalue weighted by Crippen LogP contribution is 2.28. The first kappa shape index (κ1) is 28.4. The van der Waals surface area contributed by atoms with Crippen molar-refractivity contribution in [1.29, 1.82) is 5.41 Å². The number of anilines is 2. The molecule has 40 heavy (non-hydrogen) atoms. The second kappa shape index (κ2) is 13.9. The van der Waals surface area contributed by atoms with Gasteiger partial charge in [-0.1, -0.05) is 31.7 Å². The number of nitrogens with zero attached hydrogens (tertiary/aromatic N) is 3. The van der Waals surface area contributed by atoms with Crippen molar-refractivity contribution < 1.29 is 9.53 Å². The van der Waals surface area contributed by atoms with Crippen molar-refractivity contribution in [2.24, 2.45) is 0 Å². The number of para-hydroxylation sites is 1. The smallest absolute Gasteiger partial charge is 0.246 e. The lowest BCUT2D eigenvalue weighted by Crippen LogP contribution is -2.44. The Labute approximate surface area is 236 Å². The lowest BCUT2D eigenvalue weighted by Gasteiger charge is -2.33. The quantitative estimate of drug-likeness (QED) is 0.170. The molecule has 0 aliphatic carbocycles. The Morgan fingerprint density at radius 2 is 1.88 bits per heavy atom. The zero-order valence-electron chi connectivity index (χ0n) is 23.1. The summed E-state index contributed by atoms with van der Waals surface area (Å²) in [6.45, 7) is 8.94. The van der Waals surface area contributed by atoms with E-state index in [4.69, 9.17) is 4.74 Å². The number of carbonyl (C=O) groups is 1. The molecule has 0 bridgehead atoms. The number of benzene rings is 2. The van der Waals surface area contributed by atoms with Crippen molar-refractivity contribution >= 4 is 23.3 Å². The molecule has 206 valence electrons. The van der Waals surface area contributed by atoms with Crippen molar-refractivity contribution in [2.75, 3.05) is 23.7 Å². The Morgan fingerprint density at radius 1 is 1.15 bits per heavy atom. The second-order valence-corrected chi connectivity index (χ2v) is 9.69. The molecular weight excluding hydrogens is 500 g/mol. The highest BCUT2D eigenvalue weighted by atomic mass is 16.5. The van der Waals surface area contributed by atoms with Crippen molar-refractivity contribution in [2.45, 2.75) is 51.6 Å². The highest BCUT2D eigenvalue weighted by Gasteiger charge is 2.25. The minimum absolute atomic E-state index is 0.0126. The minimum atomic E-state index is -0.0793. The van der Waals surface area contributed by atoms with Crippen LogP contribution in [0.1, 0.15) is 50.7 Å². The van der Waals surface area contributed by atoms with E-state index in [0.29, 0.717) is 48.0 Å². The molecule has 4 rings (SSSR count). The molecule has 1 amide bonds. The van der Waals surface area contributed by atoms with Crippen molar-refractivity contribution in [3.63, 3.8) is 0 Å². The standard InChI is InChI=1S/C32H36N6O2/c1-4-6-8-12-23(3)36-31-29(30(33)24-16-18-27(19-17-24)40-26-14-9-7-10-15-26)32(35-22-34-31)37-25-13-11-20-38(21-25)28(39)5-2/h5,7,9-10,14-19,22-23,25,33H,2,4,11-13,20-21H2,1,3H3,(H2,34,35,36,37). The summed E-state index contributed by atoms with van der Waals surface area (Å²) in [6.07, 6.45) is 6.06. The average molecular weight is 537 g/mol. The van der Waals surface area contributed by atoms with E-state index in [-0.39, 0.29) is 23.7 Å². The van der Waals surface area contributed by atoms with Crippen LogP contribution in [0.3, 0.4) is 0 Å². The summed E-state index contributed by atoms with van der Waals surface area (Å²) in [5.41, 5.74) is 1.55. The van der Waals surface area contributed by atoms with Crippen LogP contribution < -0.4 is 15.4 Å². The van der Waals surface area contributed by atoms with Gasteiger partial charge in [0.15, 0.2) is 0 Å². The number of hydrogen-bond acceptors (Lipinski definition) is 7. The Kier molecular flexibility index (Phi) is 9.89. The van der Waals surface area contributed by atoms with Gasteiger partial charge < -0.3 is 20.3 Å².